The molecule has 0 saturated carbocycles. The van der Waals surface area contributed by atoms with Crippen LogP contribution >= 0.6 is 0 Å². The zero-order chi connectivity index (χ0) is 16.2. The highest BCUT2D eigenvalue weighted by atomic mass is 32.2. The predicted octanol–water partition coefficient (Wildman–Crippen LogP) is 1.32. The smallest absolute Gasteiger partial charge is 0.379 e. The summed E-state index contributed by atoms with van der Waals surface area (Å²) in [6.45, 7) is 2.99. The minimum Gasteiger partial charge on any atom is -0.379 e. The third-order valence-corrected chi connectivity index (χ3v) is 4.82. The molecular formula is C13H17F3N2O3S. The Balaban J connectivity index is 2.04. The fraction of sp³-hybridized carbons (Fsp3) is 0.538. The van der Waals surface area contributed by atoms with E-state index in [-0.39, 0.29) is 6.54 Å². The van der Waals surface area contributed by atoms with E-state index in [9.17, 15) is 21.6 Å². The molecule has 0 radical (unpaired) electrons. The van der Waals surface area contributed by atoms with Gasteiger partial charge in [-0.2, -0.15) is 13.2 Å². The Morgan fingerprint density at radius 1 is 1.18 bits per heavy atom. The standard InChI is InChI=1S/C13H17F3N2O3S/c14-13(15,16)11-3-1-2-4-12(11)22(19,20)17-5-6-18-7-9-21-10-8-18/h1-4,17H,5-10H2. The number of benzene rings is 1. The molecule has 1 fully saturated rings. The zero-order valence-electron chi connectivity index (χ0n) is 11.8. The number of hydrogen-bond donors (Lipinski definition) is 1. The van der Waals surface area contributed by atoms with Crippen LogP contribution in [0.1, 0.15) is 5.56 Å². The van der Waals surface area contributed by atoms with Crippen LogP contribution in [-0.4, -0.2) is 52.7 Å². The lowest BCUT2D eigenvalue weighted by Gasteiger charge is -2.26. The highest BCUT2D eigenvalue weighted by Gasteiger charge is 2.36. The van der Waals surface area contributed by atoms with Gasteiger partial charge in [0.1, 0.15) is 0 Å². The van der Waals surface area contributed by atoms with E-state index in [4.69, 9.17) is 4.74 Å². The second kappa shape index (κ2) is 6.95. The van der Waals surface area contributed by atoms with Gasteiger partial charge in [-0.25, -0.2) is 13.1 Å². The summed E-state index contributed by atoms with van der Waals surface area (Å²) in [6.07, 6.45) is -4.71. The van der Waals surface area contributed by atoms with Crippen molar-refractivity contribution >= 4 is 10.0 Å². The first-order valence-electron chi connectivity index (χ1n) is 6.77. The molecule has 1 heterocycles. The fourth-order valence-corrected chi connectivity index (χ4v) is 3.42. The molecule has 1 aromatic rings. The number of nitrogens with one attached hydrogen (secondary N) is 1. The highest BCUT2D eigenvalue weighted by Crippen LogP contribution is 2.33. The molecule has 1 aliphatic heterocycles. The van der Waals surface area contributed by atoms with Gasteiger partial charge in [-0.15, -0.1) is 0 Å². The average Bonchev–Trinajstić information content (AvgIpc) is 2.47. The fourth-order valence-electron chi connectivity index (χ4n) is 2.18. The van der Waals surface area contributed by atoms with Gasteiger partial charge in [0.15, 0.2) is 0 Å². The van der Waals surface area contributed by atoms with Gasteiger partial charge in [0.05, 0.1) is 23.7 Å². The van der Waals surface area contributed by atoms with Gasteiger partial charge in [0.25, 0.3) is 0 Å². The Hall–Kier alpha value is -1.16. The molecule has 1 aliphatic rings. The van der Waals surface area contributed by atoms with Gasteiger partial charge in [-0.3, -0.25) is 4.90 Å². The Kier molecular flexibility index (Phi) is 5.43. The summed E-state index contributed by atoms with van der Waals surface area (Å²) < 4.78 is 70.2. The van der Waals surface area contributed by atoms with E-state index in [2.05, 4.69) is 4.72 Å². The quantitative estimate of drug-likeness (QED) is 0.880. The number of ether oxygens (including phenoxy) is 1. The molecule has 9 heteroatoms. The van der Waals surface area contributed by atoms with Crippen molar-refractivity contribution in [2.24, 2.45) is 0 Å². The van der Waals surface area contributed by atoms with Crippen LogP contribution in [0, 0.1) is 0 Å². The number of hydrogen-bond acceptors (Lipinski definition) is 4. The molecule has 0 amide bonds. The number of alkyl halides is 3. The van der Waals surface area contributed by atoms with Crippen LogP contribution in [0.4, 0.5) is 13.2 Å². The van der Waals surface area contributed by atoms with Gasteiger partial charge in [-0.05, 0) is 12.1 Å². The Labute approximate surface area is 127 Å². The van der Waals surface area contributed by atoms with Gasteiger partial charge in [0.2, 0.25) is 10.0 Å². The average molecular weight is 338 g/mol. The van der Waals surface area contributed by atoms with Gasteiger partial charge in [0, 0.05) is 26.2 Å². The van der Waals surface area contributed by atoms with Crippen molar-refractivity contribution in [1.29, 1.82) is 0 Å². The number of sulfonamides is 1. The normalized spacial score (nSPS) is 17.6. The van der Waals surface area contributed by atoms with Crippen LogP contribution < -0.4 is 4.72 Å². The lowest BCUT2D eigenvalue weighted by Crippen LogP contribution is -2.41. The summed E-state index contributed by atoms with van der Waals surface area (Å²) in [7, 11) is -4.20. The Morgan fingerprint density at radius 3 is 2.45 bits per heavy atom. The molecule has 0 bridgehead atoms. The van der Waals surface area contributed by atoms with Crippen molar-refractivity contribution in [2.75, 3.05) is 39.4 Å². The first-order valence-corrected chi connectivity index (χ1v) is 8.25. The van der Waals surface area contributed by atoms with Crippen molar-refractivity contribution in [2.45, 2.75) is 11.1 Å². The molecule has 1 aromatic carbocycles. The van der Waals surface area contributed by atoms with Gasteiger partial charge in [-0.1, -0.05) is 12.1 Å². The number of morpholine rings is 1. The van der Waals surface area contributed by atoms with Crippen molar-refractivity contribution in [3.8, 4) is 0 Å². The third kappa shape index (κ3) is 4.42. The van der Waals surface area contributed by atoms with Gasteiger partial charge < -0.3 is 4.74 Å². The lowest BCUT2D eigenvalue weighted by atomic mass is 10.2. The summed E-state index contributed by atoms with van der Waals surface area (Å²) in [5.74, 6) is 0. The maximum absolute atomic E-state index is 12.9. The topological polar surface area (TPSA) is 58.6 Å². The van der Waals surface area contributed by atoms with E-state index < -0.39 is 26.7 Å². The molecule has 22 heavy (non-hydrogen) atoms. The first-order chi connectivity index (χ1) is 10.3. The van der Waals surface area contributed by atoms with Crippen LogP contribution in [-0.2, 0) is 20.9 Å². The van der Waals surface area contributed by atoms with E-state index in [1.807, 2.05) is 4.90 Å². The van der Waals surface area contributed by atoms with Crippen LogP contribution in [0.25, 0.3) is 0 Å². The largest absolute Gasteiger partial charge is 0.417 e. The third-order valence-electron chi connectivity index (χ3n) is 3.31. The van der Waals surface area contributed by atoms with Gasteiger partial charge >= 0.3 is 6.18 Å². The van der Waals surface area contributed by atoms with Crippen molar-refractivity contribution in [3.63, 3.8) is 0 Å². The molecule has 2 rings (SSSR count). The summed E-state index contributed by atoms with van der Waals surface area (Å²) >= 11 is 0. The molecule has 0 spiro atoms. The van der Waals surface area contributed by atoms with E-state index in [0.29, 0.717) is 32.8 Å². The van der Waals surface area contributed by atoms with Crippen molar-refractivity contribution < 1.29 is 26.3 Å². The van der Waals surface area contributed by atoms with Crippen molar-refractivity contribution in [3.05, 3.63) is 29.8 Å². The maximum atomic E-state index is 12.9. The first kappa shape index (κ1) is 17.2. The molecule has 0 aliphatic carbocycles. The Bertz CT molecular complexity index is 599. The number of nitrogens with zero attached hydrogens (tertiary/aromatic N) is 1. The van der Waals surface area contributed by atoms with Crippen LogP contribution in [0.2, 0.25) is 0 Å². The molecule has 1 saturated heterocycles. The number of halogens is 3. The molecule has 5 nitrogen and oxygen atoms in total. The van der Waals surface area contributed by atoms with E-state index in [1.54, 1.807) is 0 Å². The summed E-state index contributed by atoms with van der Waals surface area (Å²) in [5, 5.41) is 0. The highest BCUT2D eigenvalue weighted by molar-refractivity contribution is 7.89. The minimum atomic E-state index is -4.71. The summed E-state index contributed by atoms with van der Waals surface area (Å²) in [5.41, 5.74) is -1.16. The maximum Gasteiger partial charge on any atom is 0.417 e. The van der Waals surface area contributed by atoms with Crippen molar-refractivity contribution in [1.82, 2.24) is 9.62 Å². The van der Waals surface area contributed by atoms with Crippen LogP contribution in [0.15, 0.2) is 29.2 Å². The Morgan fingerprint density at radius 2 is 1.82 bits per heavy atom. The van der Waals surface area contributed by atoms with Crippen LogP contribution in [0.3, 0.4) is 0 Å². The minimum absolute atomic E-state index is 0.0501. The summed E-state index contributed by atoms with van der Waals surface area (Å²) in [4.78, 5) is 1.24. The second-order valence-electron chi connectivity index (χ2n) is 4.85. The molecule has 0 atom stereocenters. The lowest BCUT2D eigenvalue weighted by molar-refractivity contribution is -0.139. The van der Waals surface area contributed by atoms with E-state index in [1.165, 1.54) is 6.07 Å². The van der Waals surface area contributed by atoms with Crippen LogP contribution in [0.5, 0.6) is 0 Å². The van der Waals surface area contributed by atoms with E-state index >= 15 is 0 Å². The molecule has 0 unspecified atom stereocenters. The predicted molar refractivity (Wildman–Crippen MR) is 73.9 cm³/mol. The molecular weight excluding hydrogens is 321 g/mol. The van der Waals surface area contributed by atoms with E-state index in [0.717, 1.165) is 18.2 Å². The molecule has 0 aromatic heterocycles. The monoisotopic (exact) mass is 338 g/mol. The SMILES string of the molecule is O=S(=O)(NCCN1CCOCC1)c1ccccc1C(F)(F)F. The molecule has 1 N–H and O–H groups in total. The molecule has 124 valence electrons. The summed E-state index contributed by atoms with van der Waals surface area (Å²) in [6, 6.07) is 4.15. The second-order valence-corrected chi connectivity index (χ2v) is 6.58. The zero-order valence-corrected chi connectivity index (χ0v) is 12.6. The number of rotatable bonds is 5.